The van der Waals surface area contributed by atoms with Gasteiger partial charge in [0.2, 0.25) is 5.91 Å². The average Bonchev–Trinajstić information content (AvgIpc) is 2.74. The lowest BCUT2D eigenvalue weighted by atomic mass is 9.80. The molecular formula is C21H27BrN2O4. The molecule has 3 rings (SSSR count). The molecule has 2 aliphatic rings. The molecule has 1 aliphatic heterocycles. The fraction of sp³-hybridized carbons (Fsp3) is 0.571. The van der Waals surface area contributed by atoms with Crippen molar-refractivity contribution in [3.8, 4) is 0 Å². The standard InChI is InChI=1S/C21H27BrN2O4/c1-28-20(27)21(11-3-2-4-12-21)23-18(25)15-9-13-24(14-10-15)19(26)16-5-7-17(22)8-6-16/h5-8,15H,2-4,9-14H2,1H3,(H,23,25). The van der Waals surface area contributed by atoms with Gasteiger partial charge in [-0.3, -0.25) is 9.59 Å². The second-order valence-electron chi connectivity index (χ2n) is 7.70. The number of nitrogens with zero attached hydrogens (tertiary/aromatic N) is 1. The number of nitrogens with one attached hydrogen (secondary N) is 1. The Kier molecular flexibility index (Phi) is 6.75. The molecule has 0 unspecified atom stereocenters. The van der Waals surface area contributed by atoms with Crippen molar-refractivity contribution in [2.24, 2.45) is 5.92 Å². The molecule has 0 atom stereocenters. The second kappa shape index (κ2) is 9.07. The summed E-state index contributed by atoms with van der Waals surface area (Å²) in [6.07, 6.45) is 5.37. The van der Waals surface area contributed by atoms with E-state index in [0.717, 1.165) is 23.7 Å². The van der Waals surface area contributed by atoms with Crippen molar-refractivity contribution in [3.05, 3.63) is 34.3 Å². The number of likely N-dealkylation sites (tertiary alicyclic amines) is 1. The van der Waals surface area contributed by atoms with E-state index < -0.39 is 5.54 Å². The molecular weight excluding hydrogens is 424 g/mol. The Bertz CT molecular complexity index is 720. The number of piperidine rings is 1. The minimum absolute atomic E-state index is 0.00957. The number of ether oxygens (including phenoxy) is 1. The number of methoxy groups -OCH3 is 1. The fourth-order valence-electron chi connectivity index (χ4n) is 4.19. The summed E-state index contributed by atoms with van der Waals surface area (Å²) < 4.78 is 5.91. The molecule has 28 heavy (non-hydrogen) atoms. The van der Waals surface area contributed by atoms with E-state index in [9.17, 15) is 14.4 Å². The number of carbonyl (C=O) groups excluding carboxylic acids is 3. The summed E-state index contributed by atoms with van der Waals surface area (Å²) in [5.41, 5.74) is -0.230. The number of hydrogen-bond acceptors (Lipinski definition) is 4. The molecule has 6 nitrogen and oxygen atoms in total. The number of hydrogen-bond donors (Lipinski definition) is 1. The molecule has 1 saturated heterocycles. The molecule has 152 valence electrons. The van der Waals surface area contributed by atoms with Crippen LogP contribution in [0.25, 0.3) is 0 Å². The number of esters is 1. The maximum absolute atomic E-state index is 12.8. The highest BCUT2D eigenvalue weighted by Crippen LogP contribution is 2.30. The molecule has 0 bridgehead atoms. The first-order valence-electron chi connectivity index (χ1n) is 9.90. The second-order valence-corrected chi connectivity index (χ2v) is 8.61. The molecule has 0 radical (unpaired) electrons. The Morgan fingerprint density at radius 1 is 1.07 bits per heavy atom. The summed E-state index contributed by atoms with van der Waals surface area (Å²) in [7, 11) is 1.37. The predicted octanol–water partition coefficient (Wildman–Crippen LogP) is 3.29. The molecule has 1 aromatic rings. The maximum atomic E-state index is 12.8. The zero-order valence-corrected chi connectivity index (χ0v) is 17.8. The first-order chi connectivity index (χ1) is 13.4. The Balaban J connectivity index is 1.58. The first-order valence-corrected chi connectivity index (χ1v) is 10.7. The molecule has 1 saturated carbocycles. The maximum Gasteiger partial charge on any atom is 0.331 e. The molecule has 0 spiro atoms. The Morgan fingerprint density at radius 2 is 1.68 bits per heavy atom. The quantitative estimate of drug-likeness (QED) is 0.713. The van der Waals surface area contributed by atoms with Crippen LogP contribution < -0.4 is 5.32 Å². The van der Waals surface area contributed by atoms with Crippen molar-refractivity contribution < 1.29 is 19.1 Å². The van der Waals surface area contributed by atoms with Gasteiger partial charge >= 0.3 is 5.97 Å². The fourth-order valence-corrected chi connectivity index (χ4v) is 4.45. The topological polar surface area (TPSA) is 75.7 Å². The lowest BCUT2D eigenvalue weighted by Crippen LogP contribution is -2.58. The lowest BCUT2D eigenvalue weighted by Gasteiger charge is -2.38. The normalized spacial score (nSPS) is 19.7. The van der Waals surface area contributed by atoms with E-state index in [4.69, 9.17) is 4.74 Å². The van der Waals surface area contributed by atoms with Crippen molar-refractivity contribution in [2.45, 2.75) is 50.5 Å². The number of amides is 2. The largest absolute Gasteiger partial charge is 0.467 e. The third-order valence-electron chi connectivity index (χ3n) is 5.89. The molecule has 1 heterocycles. The van der Waals surface area contributed by atoms with Gasteiger partial charge in [-0.25, -0.2) is 4.79 Å². The van der Waals surface area contributed by atoms with Crippen LogP contribution in [0.2, 0.25) is 0 Å². The van der Waals surface area contributed by atoms with Gasteiger partial charge in [-0.2, -0.15) is 0 Å². The van der Waals surface area contributed by atoms with Crippen molar-refractivity contribution in [2.75, 3.05) is 20.2 Å². The minimum Gasteiger partial charge on any atom is -0.467 e. The minimum atomic E-state index is -0.880. The number of halogens is 1. The highest BCUT2D eigenvalue weighted by molar-refractivity contribution is 9.10. The molecule has 1 aliphatic carbocycles. The van der Waals surface area contributed by atoms with Crippen LogP contribution in [-0.2, 0) is 14.3 Å². The van der Waals surface area contributed by atoms with Crippen LogP contribution in [0.5, 0.6) is 0 Å². The van der Waals surface area contributed by atoms with Crippen LogP contribution in [0.3, 0.4) is 0 Å². The number of benzene rings is 1. The van der Waals surface area contributed by atoms with Gasteiger partial charge in [-0.15, -0.1) is 0 Å². The van der Waals surface area contributed by atoms with E-state index in [1.807, 2.05) is 12.1 Å². The Hall–Kier alpha value is -1.89. The van der Waals surface area contributed by atoms with Gasteiger partial charge in [-0.05, 0) is 49.9 Å². The molecule has 1 aromatic carbocycles. The van der Waals surface area contributed by atoms with Crippen molar-refractivity contribution in [3.63, 3.8) is 0 Å². The third-order valence-corrected chi connectivity index (χ3v) is 6.42. The lowest BCUT2D eigenvalue weighted by molar-refractivity contribution is -0.153. The first kappa shape index (κ1) is 20.8. The molecule has 0 aromatic heterocycles. The van der Waals surface area contributed by atoms with E-state index >= 15 is 0 Å². The summed E-state index contributed by atoms with van der Waals surface area (Å²) in [5.74, 6) is -0.631. The van der Waals surface area contributed by atoms with Gasteiger partial charge in [0.25, 0.3) is 5.91 Å². The Labute approximate surface area is 174 Å². The van der Waals surface area contributed by atoms with Gasteiger partial charge in [0.1, 0.15) is 5.54 Å². The number of carbonyl (C=O) groups is 3. The van der Waals surface area contributed by atoms with E-state index in [1.54, 1.807) is 17.0 Å². The van der Waals surface area contributed by atoms with Crippen LogP contribution in [0.1, 0.15) is 55.3 Å². The van der Waals surface area contributed by atoms with Crippen LogP contribution in [0, 0.1) is 5.92 Å². The number of rotatable bonds is 4. The average molecular weight is 451 g/mol. The van der Waals surface area contributed by atoms with Gasteiger partial charge in [0.05, 0.1) is 7.11 Å². The van der Waals surface area contributed by atoms with E-state index in [2.05, 4.69) is 21.2 Å². The van der Waals surface area contributed by atoms with Crippen LogP contribution in [0.15, 0.2) is 28.7 Å². The van der Waals surface area contributed by atoms with E-state index in [-0.39, 0.29) is 23.7 Å². The summed E-state index contributed by atoms with van der Waals surface area (Å²) in [4.78, 5) is 39.6. The molecule has 1 N–H and O–H groups in total. The summed E-state index contributed by atoms with van der Waals surface area (Å²) >= 11 is 3.37. The molecule has 7 heteroatoms. The summed E-state index contributed by atoms with van der Waals surface area (Å²) in [6.45, 7) is 1.08. The van der Waals surface area contributed by atoms with Crippen molar-refractivity contribution >= 4 is 33.7 Å². The molecule has 2 amide bonds. The van der Waals surface area contributed by atoms with Gasteiger partial charge in [0.15, 0.2) is 0 Å². The van der Waals surface area contributed by atoms with Crippen molar-refractivity contribution in [1.29, 1.82) is 0 Å². The van der Waals surface area contributed by atoms with Crippen LogP contribution in [0.4, 0.5) is 0 Å². The SMILES string of the molecule is COC(=O)C1(NC(=O)C2CCN(C(=O)c3ccc(Br)cc3)CC2)CCCCC1. The summed E-state index contributed by atoms with van der Waals surface area (Å²) in [5, 5.41) is 3.01. The zero-order chi connectivity index (χ0) is 20.1. The smallest absolute Gasteiger partial charge is 0.331 e. The van der Waals surface area contributed by atoms with Crippen LogP contribution in [-0.4, -0.2) is 48.4 Å². The predicted molar refractivity (Wildman–Crippen MR) is 109 cm³/mol. The third kappa shape index (κ3) is 4.57. The van der Waals surface area contributed by atoms with E-state index in [0.29, 0.717) is 44.3 Å². The van der Waals surface area contributed by atoms with E-state index in [1.165, 1.54) is 7.11 Å². The van der Waals surface area contributed by atoms with Crippen LogP contribution >= 0.6 is 15.9 Å². The monoisotopic (exact) mass is 450 g/mol. The van der Waals surface area contributed by atoms with Crippen molar-refractivity contribution in [1.82, 2.24) is 10.2 Å². The van der Waals surface area contributed by atoms with Gasteiger partial charge in [0, 0.05) is 29.0 Å². The van der Waals surface area contributed by atoms with Gasteiger partial charge < -0.3 is 15.0 Å². The zero-order valence-electron chi connectivity index (χ0n) is 16.2. The highest BCUT2D eigenvalue weighted by atomic mass is 79.9. The Morgan fingerprint density at radius 3 is 2.25 bits per heavy atom. The summed E-state index contributed by atoms with van der Waals surface area (Å²) in [6, 6.07) is 7.30. The van der Waals surface area contributed by atoms with Gasteiger partial charge in [-0.1, -0.05) is 35.2 Å². The highest BCUT2D eigenvalue weighted by Gasteiger charge is 2.43. The molecule has 2 fully saturated rings.